The summed E-state index contributed by atoms with van der Waals surface area (Å²) >= 11 is 0. The van der Waals surface area contributed by atoms with Gasteiger partial charge >= 0.3 is 0 Å². The third-order valence-corrected chi connectivity index (χ3v) is 2.85. The molecule has 0 aromatic carbocycles. The first-order chi connectivity index (χ1) is 8.45. The first-order valence-corrected chi connectivity index (χ1v) is 6.68. The average Bonchev–Trinajstić information content (AvgIpc) is 2.28. The Morgan fingerprint density at radius 3 is 2.39 bits per heavy atom. The van der Waals surface area contributed by atoms with Crippen LogP contribution in [0.4, 0.5) is 5.82 Å². The molecule has 18 heavy (non-hydrogen) atoms. The molecule has 1 rings (SSSR count). The smallest absolute Gasteiger partial charge is 0.133 e. The van der Waals surface area contributed by atoms with Crippen molar-refractivity contribution in [3.05, 3.63) is 17.6 Å². The van der Waals surface area contributed by atoms with E-state index in [1.807, 2.05) is 13.0 Å². The lowest BCUT2D eigenvalue weighted by Gasteiger charge is -2.28. The molecule has 0 spiro atoms. The molecule has 1 N–H and O–H groups in total. The molecule has 0 radical (unpaired) electrons. The van der Waals surface area contributed by atoms with Crippen LogP contribution >= 0.6 is 0 Å². The molecular formula is C14H25N3O. The highest BCUT2D eigenvalue weighted by molar-refractivity contribution is 5.40. The van der Waals surface area contributed by atoms with Gasteiger partial charge in [0.05, 0.1) is 0 Å². The second-order valence-electron chi connectivity index (χ2n) is 5.24. The van der Waals surface area contributed by atoms with E-state index in [9.17, 15) is 0 Å². The number of aromatic nitrogens is 2. The van der Waals surface area contributed by atoms with Crippen LogP contribution in [-0.2, 0) is 0 Å². The van der Waals surface area contributed by atoms with Gasteiger partial charge in [-0.3, -0.25) is 0 Å². The third kappa shape index (κ3) is 3.95. The van der Waals surface area contributed by atoms with Crippen molar-refractivity contribution in [1.29, 1.82) is 0 Å². The van der Waals surface area contributed by atoms with Crippen LogP contribution in [0.25, 0.3) is 0 Å². The van der Waals surface area contributed by atoms with Gasteiger partial charge in [-0.2, -0.15) is 0 Å². The van der Waals surface area contributed by atoms with Gasteiger partial charge in [-0.05, 0) is 27.2 Å². The predicted molar refractivity (Wildman–Crippen MR) is 75.0 cm³/mol. The molecule has 102 valence electrons. The lowest BCUT2D eigenvalue weighted by atomic mass is 10.2. The molecule has 1 aromatic heterocycles. The predicted octanol–water partition coefficient (Wildman–Crippen LogP) is 2.51. The van der Waals surface area contributed by atoms with Gasteiger partial charge in [-0.1, -0.05) is 13.8 Å². The molecule has 0 saturated heterocycles. The van der Waals surface area contributed by atoms with Crippen LogP contribution in [0, 0.1) is 6.92 Å². The monoisotopic (exact) mass is 251 g/mol. The number of hydrogen-bond acceptors (Lipinski definition) is 4. The Labute approximate surface area is 110 Å². The summed E-state index contributed by atoms with van der Waals surface area (Å²) in [5.74, 6) is 2.19. The largest absolute Gasteiger partial charge is 0.396 e. The molecule has 4 heteroatoms. The van der Waals surface area contributed by atoms with E-state index in [-0.39, 0.29) is 6.61 Å². The fourth-order valence-corrected chi connectivity index (χ4v) is 1.86. The van der Waals surface area contributed by atoms with Crippen LogP contribution < -0.4 is 4.90 Å². The van der Waals surface area contributed by atoms with E-state index in [0.717, 1.165) is 30.3 Å². The standard InChI is InChI=1S/C14H25N3O/c1-10(2)14-15-12(5)9-13(16-14)17(11(3)4)7-6-8-18/h9-11,18H,6-8H2,1-5H3. The molecule has 0 atom stereocenters. The van der Waals surface area contributed by atoms with Crippen molar-refractivity contribution in [2.45, 2.75) is 53.0 Å². The lowest BCUT2D eigenvalue weighted by Crippen LogP contribution is -2.33. The third-order valence-electron chi connectivity index (χ3n) is 2.85. The summed E-state index contributed by atoms with van der Waals surface area (Å²) in [6.07, 6.45) is 0.762. The Morgan fingerprint density at radius 2 is 1.89 bits per heavy atom. The van der Waals surface area contributed by atoms with Gasteiger partial charge in [-0.15, -0.1) is 0 Å². The topological polar surface area (TPSA) is 49.2 Å². The van der Waals surface area contributed by atoms with Crippen LogP contribution in [0.15, 0.2) is 6.07 Å². The van der Waals surface area contributed by atoms with E-state index in [1.54, 1.807) is 0 Å². The quantitative estimate of drug-likeness (QED) is 0.844. The van der Waals surface area contributed by atoms with E-state index in [4.69, 9.17) is 5.11 Å². The number of hydrogen-bond donors (Lipinski definition) is 1. The van der Waals surface area contributed by atoms with Crippen molar-refractivity contribution in [3.63, 3.8) is 0 Å². The Morgan fingerprint density at radius 1 is 1.22 bits per heavy atom. The summed E-state index contributed by atoms with van der Waals surface area (Å²) in [5, 5.41) is 8.98. The Hall–Kier alpha value is -1.16. The molecule has 0 aliphatic heterocycles. The zero-order valence-corrected chi connectivity index (χ0v) is 12.1. The first-order valence-electron chi connectivity index (χ1n) is 6.68. The average molecular weight is 251 g/mol. The molecule has 1 heterocycles. The molecule has 0 aliphatic rings. The maximum absolute atomic E-state index is 8.98. The fraction of sp³-hybridized carbons (Fsp3) is 0.714. The number of aliphatic hydroxyl groups excluding tert-OH is 1. The van der Waals surface area contributed by atoms with Gasteiger partial charge in [0.2, 0.25) is 0 Å². The van der Waals surface area contributed by atoms with Crippen molar-refractivity contribution in [2.75, 3.05) is 18.1 Å². The molecule has 4 nitrogen and oxygen atoms in total. The normalized spacial score (nSPS) is 11.3. The van der Waals surface area contributed by atoms with Crippen LogP contribution in [0.5, 0.6) is 0 Å². The highest BCUT2D eigenvalue weighted by atomic mass is 16.3. The highest BCUT2D eigenvalue weighted by Gasteiger charge is 2.14. The van der Waals surface area contributed by atoms with E-state index in [2.05, 4.69) is 42.6 Å². The summed E-state index contributed by atoms with van der Waals surface area (Å²) in [5.41, 5.74) is 0.998. The lowest BCUT2D eigenvalue weighted by molar-refractivity contribution is 0.288. The van der Waals surface area contributed by atoms with Gasteiger partial charge < -0.3 is 10.0 Å². The SMILES string of the molecule is Cc1cc(N(CCCO)C(C)C)nc(C(C)C)n1. The summed E-state index contributed by atoms with van der Waals surface area (Å²) in [4.78, 5) is 11.3. The second-order valence-corrected chi connectivity index (χ2v) is 5.24. The van der Waals surface area contributed by atoms with Crippen molar-refractivity contribution in [3.8, 4) is 0 Å². The van der Waals surface area contributed by atoms with Crippen molar-refractivity contribution >= 4 is 5.82 Å². The molecule has 0 unspecified atom stereocenters. The van der Waals surface area contributed by atoms with E-state index in [1.165, 1.54) is 0 Å². The van der Waals surface area contributed by atoms with E-state index < -0.39 is 0 Å². The minimum absolute atomic E-state index is 0.213. The van der Waals surface area contributed by atoms with Crippen molar-refractivity contribution in [2.24, 2.45) is 0 Å². The summed E-state index contributed by atoms with van der Waals surface area (Å²) in [7, 11) is 0. The van der Waals surface area contributed by atoms with Gasteiger partial charge in [0.1, 0.15) is 11.6 Å². The fourth-order valence-electron chi connectivity index (χ4n) is 1.86. The molecule has 1 aromatic rings. The zero-order chi connectivity index (χ0) is 13.7. The van der Waals surface area contributed by atoms with E-state index >= 15 is 0 Å². The second kappa shape index (κ2) is 6.69. The zero-order valence-electron chi connectivity index (χ0n) is 12.1. The van der Waals surface area contributed by atoms with Gasteiger partial charge in [0, 0.05) is 36.9 Å². The maximum atomic E-state index is 8.98. The van der Waals surface area contributed by atoms with Gasteiger partial charge in [-0.25, -0.2) is 9.97 Å². The highest BCUT2D eigenvalue weighted by Crippen LogP contribution is 2.19. The van der Waals surface area contributed by atoms with Crippen molar-refractivity contribution in [1.82, 2.24) is 9.97 Å². The Balaban J connectivity index is 3.03. The summed E-state index contributed by atoms with van der Waals surface area (Å²) < 4.78 is 0. The minimum atomic E-state index is 0.213. The molecule has 0 fully saturated rings. The van der Waals surface area contributed by atoms with Gasteiger partial charge in [0.15, 0.2) is 0 Å². The minimum Gasteiger partial charge on any atom is -0.396 e. The molecule has 0 amide bonds. The molecule has 0 saturated carbocycles. The summed E-state index contributed by atoms with van der Waals surface area (Å²) in [6.45, 7) is 11.5. The number of anilines is 1. The Bertz CT molecular complexity index is 377. The molecule has 0 bridgehead atoms. The van der Waals surface area contributed by atoms with Crippen LogP contribution in [0.3, 0.4) is 0 Å². The van der Waals surface area contributed by atoms with Crippen LogP contribution in [0.2, 0.25) is 0 Å². The number of aryl methyl sites for hydroxylation is 1. The van der Waals surface area contributed by atoms with Crippen molar-refractivity contribution < 1.29 is 5.11 Å². The number of rotatable bonds is 6. The van der Waals surface area contributed by atoms with Crippen LogP contribution in [-0.4, -0.2) is 34.3 Å². The summed E-state index contributed by atoms with van der Waals surface area (Å²) in [6, 6.07) is 2.38. The van der Waals surface area contributed by atoms with Crippen LogP contribution in [0.1, 0.15) is 51.6 Å². The molecular weight excluding hydrogens is 226 g/mol. The number of aliphatic hydroxyl groups is 1. The Kier molecular flexibility index (Phi) is 5.54. The van der Waals surface area contributed by atoms with E-state index in [0.29, 0.717) is 12.0 Å². The maximum Gasteiger partial charge on any atom is 0.133 e. The number of nitrogens with zero attached hydrogens (tertiary/aromatic N) is 3. The van der Waals surface area contributed by atoms with Gasteiger partial charge in [0.25, 0.3) is 0 Å². The molecule has 0 aliphatic carbocycles. The first kappa shape index (κ1) is 14.9.